The molecule has 29 heavy (non-hydrogen) atoms. The van der Waals surface area contributed by atoms with E-state index >= 15 is 0 Å². The highest BCUT2D eigenvalue weighted by Crippen LogP contribution is 2.66. The number of fused-ring (bicyclic) bond motifs is 5. The van der Waals surface area contributed by atoms with Gasteiger partial charge < -0.3 is 5.11 Å². The Hall–Kier alpha value is -1.52. The molecule has 4 fully saturated rings. The van der Waals surface area contributed by atoms with Crippen LogP contribution in [0.25, 0.3) is 0 Å². The minimum absolute atomic E-state index is 0.0659. The summed E-state index contributed by atoms with van der Waals surface area (Å²) in [7, 11) is 0. The number of rotatable bonds is 4. The van der Waals surface area contributed by atoms with Gasteiger partial charge in [-0.15, -0.1) is 0 Å². The maximum atomic E-state index is 13.6. The predicted octanol–water partition coefficient (Wildman–Crippen LogP) is 4.07. The van der Waals surface area contributed by atoms with Crippen molar-refractivity contribution in [3.63, 3.8) is 0 Å². The van der Waals surface area contributed by atoms with Gasteiger partial charge in [0.25, 0.3) is 0 Å². The summed E-state index contributed by atoms with van der Waals surface area (Å²) in [6.45, 7) is 6.37. The monoisotopic (exact) mass is 402 g/mol. The van der Waals surface area contributed by atoms with Gasteiger partial charge in [0.15, 0.2) is 0 Å². The van der Waals surface area contributed by atoms with E-state index in [4.69, 9.17) is 5.11 Å². The van der Waals surface area contributed by atoms with Crippen LogP contribution in [-0.2, 0) is 19.2 Å². The van der Waals surface area contributed by atoms with Gasteiger partial charge in [-0.2, -0.15) is 0 Å². The average molecular weight is 403 g/mol. The Morgan fingerprint density at radius 1 is 1.10 bits per heavy atom. The van der Waals surface area contributed by atoms with Gasteiger partial charge in [0.05, 0.1) is 0 Å². The maximum absolute atomic E-state index is 13.6. The molecule has 4 saturated carbocycles. The molecule has 0 aromatic heterocycles. The molecule has 4 aliphatic rings. The molecule has 4 rings (SSSR count). The summed E-state index contributed by atoms with van der Waals surface area (Å²) in [5.41, 5.74) is -0.598. The van der Waals surface area contributed by atoms with E-state index in [1.165, 1.54) is 0 Å². The normalized spacial score (nSPS) is 45.3. The molecular weight excluding hydrogens is 368 g/mol. The van der Waals surface area contributed by atoms with Gasteiger partial charge in [0, 0.05) is 43.4 Å². The number of carbonyl (C=O) groups excluding carboxylic acids is 3. The Morgan fingerprint density at radius 2 is 1.83 bits per heavy atom. The molecule has 1 N–H and O–H groups in total. The molecule has 8 atom stereocenters. The lowest BCUT2D eigenvalue weighted by molar-refractivity contribution is -0.166. The van der Waals surface area contributed by atoms with E-state index in [9.17, 15) is 19.2 Å². The van der Waals surface area contributed by atoms with Crippen molar-refractivity contribution in [2.24, 2.45) is 46.3 Å². The van der Waals surface area contributed by atoms with E-state index in [2.05, 4.69) is 20.8 Å². The number of ketones is 3. The van der Waals surface area contributed by atoms with E-state index in [0.29, 0.717) is 32.1 Å². The third-order valence-corrected chi connectivity index (χ3v) is 9.72. The van der Waals surface area contributed by atoms with Crippen molar-refractivity contribution in [2.45, 2.75) is 78.6 Å². The van der Waals surface area contributed by atoms with E-state index in [0.717, 1.165) is 19.3 Å². The molecule has 0 aromatic carbocycles. The molecule has 0 heterocycles. The second-order valence-corrected chi connectivity index (χ2v) is 10.9. The first kappa shape index (κ1) is 20.7. The molecule has 0 aliphatic heterocycles. The molecule has 0 aromatic rings. The van der Waals surface area contributed by atoms with Gasteiger partial charge >= 0.3 is 5.97 Å². The average Bonchev–Trinajstić information content (AvgIpc) is 3.01. The van der Waals surface area contributed by atoms with Crippen LogP contribution in [0.4, 0.5) is 0 Å². The smallest absolute Gasteiger partial charge is 0.303 e. The van der Waals surface area contributed by atoms with Crippen LogP contribution in [0, 0.1) is 46.3 Å². The fraction of sp³-hybridized carbons (Fsp3) is 0.833. The lowest BCUT2D eigenvalue weighted by Gasteiger charge is -2.58. The molecule has 5 nitrogen and oxygen atoms in total. The molecule has 5 heteroatoms. The fourth-order valence-corrected chi connectivity index (χ4v) is 7.94. The molecule has 0 bridgehead atoms. The Morgan fingerprint density at radius 3 is 2.52 bits per heavy atom. The molecule has 0 spiro atoms. The Labute approximate surface area is 173 Å². The highest BCUT2D eigenvalue weighted by Gasteiger charge is 2.66. The lowest BCUT2D eigenvalue weighted by Crippen LogP contribution is -2.60. The van der Waals surface area contributed by atoms with Crippen molar-refractivity contribution in [3.05, 3.63) is 0 Å². The summed E-state index contributed by atoms with van der Waals surface area (Å²) in [6.07, 6.45) is 5.33. The van der Waals surface area contributed by atoms with Gasteiger partial charge in [-0.1, -0.05) is 20.8 Å². The number of hydrogen-bond donors (Lipinski definition) is 1. The van der Waals surface area contributed by atoms with Gasteiger partial charge in [-0.3, -0.25) is 19.2 Å². The third kappa shape index (κ3) is 3.02. The lowest BCUT2D eigenvalue weighted by atomic mass is 9.44. The highest BCUT2D eigenvalue weighted by molar-refractivity contribution is 5.93. The predicted molar refractivity (Wildman–Crippen MR) is 107 cm³/mol. The Bertz CT molecular complexity index is 756. The molecule has 160 valence electrons. The standard InChI is InChI=1S/C24H34O5/c1-13(4-7-21(28)29)16-5-6-17-22-18(12-20(27)24(16,17)3)23(2)9-8-15(25)10-14(23)11-19(22)26/h13-14,16-18,22H,4-12H2,1-3H3,(H,28,29)/t13-,14+,16-,17-,18+,22+,23+,24-/m1/s1. The van der Waals surface area contributed by atoms with Crippen LogP contribution in [0.2, 0.25) is 0 Å². The van der Waals surface area contributed by atoms with Crippen LogP contribution in [0.15, 0.2) is 0 Å². The minimum atomic E-state index is -0.792. The van der Waals surface area contributed by atoms with E-state index in [-0.39, 0.29) is 64.7 Å². The zero-order valence-corrected chi connectivity index (χ0v) is 17.9. The zero-order chi connectivity index (χ0) is 21.1. The number of carboxylic acids is 1. The highest BCUT2D eigenvalue weighted by atomic mass is 16.4. The van der Waals surface area contributed by atoms with Crippen LogP contribution < -0.4 is 0 Å². The number of aliphatic carboxylic acids is 1. The second kappa shape index (κ2) is 7.02. The first-order valence-electron chi connectivity index (χ1n) is 11.4. The largest absolute Gasteiger partial charge is 0.481 e. The van der Waals surface area contributed by atoms with Crippen molar-refractivity contribution >= 4 is 23.3 Å². The molecule has 0 radical (unpaired) electrons. The van der Waals surface area contributed by atoms with Crippen molar-refractivity contribution in [3.8, 4) is 0 Å². The van der Waals surface area contributed by atoms with E-state index in [1.807, 2.05) is 0 Å². The number of carboxylic acid groups (broad SMARTS) is 1. The van der Waals surface area contributed by atoms with E-state index < -0.39 is 11.4 Å². The SMILES string of the molecule is C[C@H](CCC(=O)O)[C@H]1CC[C@@H]2[C@@H]3C(=O)C[C@@H]4CC(=O)CC[C@]4(C)[C@H]3CC(=O)[C@@]21C. The summed E-state index contributed by atoms with van der Waals surface area (Å²) in [4.78, 5) is 50.0. The number of hydrogen-bond acceptors (Lipinski definition) is 4. The van der Waals surface area contributed by atoms with E-state index in [1.54, 1.807) is 0 Å². The second-order valence-electron chi connectivity index (χ2n) is 10.9. The van der Waals surface area contributed by atoms with Crippen LogP contribution in [0.3, 0.4) is 0 Å². The van der Waals surface area contributed by atoms with Crippen molar-refractivity contribution in [1.29, 1.82) is 0 Å². The summed E-state index contributed by atoms with van der Waals surface area (Å²) < 4.78 is 0. The summed E-state index contributed by atoms with van der Waals surface area (Å²) in [5, 5.41) is 9.06. The van der Waals surface area contributed by atoms with Gasteiger partial charge in [-0.25, -0.2) is 0 Å². The molecule has 0 amide bonds. The fourth-order valence-electron chi connectivity index (χ4n) is 7.94. The third-order valence-electron chi connectivity index (χ3n) is 9.72. The number of Topliss-reactive ketones (excluding diaryl/α,β-unsaturated/α-hetero) is 3. The van der Waals surface area contributed by atoms with Gasteiger partial charge in [0.2, 0.25) is 0 Å². The van der Waals surface area contributed by atoms with Crippen LogP contribution in [0.5, 0.6) is 0 Å². The van der Waals surface area contributed by atoms with Crippen molar-refractivity contribution < 1.29 is 24.3 Å². The van der Waals surface area contributed by atoms with Crippen LogP contribution >= 0.6 is 0 Å². The molecular formula is C24H34O5. The van der Waals surface area contributed by atoms with Crippen molar-refractivity contribution in [2.75, 3.05) is 0 Å². The molecule has 0 unspecified atom stereocenters. The van der Waals surface area contributed by atoms with Crippen molar-refractivity contribution in [1.82, 2.24) is 0 Å². The first-order valence-corrected chi connectivity index (χ1v) is 11.4. The Balaban J connectivity index is 1.63. The maximum Gasteiger partial charge on any atom is 0.303 e. The number of carbonyl (C=O) groups is 4. The topological polar surface area (TPSA) is 88.5 Å². The molecule has 4 aliphatic carbocycles. The summed E-state index contributed by atoms with van der Waals surface area (Å²) in [6, 6.07) is 0. The Kier molecular flexibility index (Phi) is 5.02. The summed E-state index contributed by atoms with van der Waals surface area (Å²) in [5.74, 6) is 0.524. The van der Waals surface area contributed by atoms with Crippen LogP contribution in [0.1, 0.15) is 78.6 Å². The first-order chi connectivity index (χ1) is 13.6. The zero-order valence-electron chi connectivity index (χ0n) is 17.9. The van der Waals surface area contributed by atoms with Crippen LogP contribution in [-0.4, -0.2) is 28.4 Å². The van der Waals surface area contributed by atoms with Gasteiger partial charge in [-0.05, 0) is 60.7 Å². The summed E-state index contributed by atoms with van der Waals surface area (Å²) >= 11 is 0. The van der Waals surface area contributed by atoms with Gasteiger partial charge in [0.1, 0.15) is 17.3 Å². The quantitative estimate of drug-likeness (QED) is 0.766. The minimum Gasteiger partial charge on any atom is -0.481 e. The molecule has 0 saturated heterocycles.